The van der Waals surface area contributed by atoms with Gasteiger partial charge in [-0.3, -0.25) is 4.79 Å². The SMILES string of the molecule is CCCCNS(=O)(=O)c1cccc(C(=O)N2CCN(c3ccccc3OC)CC2)c1. The largest absolute Gasteiger partial charge is 0.495 e. The Hall–Kier alpha value is -2.58. The number of benzene rings is 2. The van der Waals surface area contributed by atoms with Crippen LogP contribution in [0.3, 0.4) is 0 Å². The lowest BCUT2D eigenvalue weighted by molar-refractivity contribution is 0.0746. The Morgan fingerprint density at radius 3 is 2.50 bits per heavy atom. The highest BCUT2D eigenvalue weighted by atomic mass is 32.2. The summed E-state index contributed by atoms with van der Waals surface area (Å²) >= 11 is 0. The number of amides is 1. The number of hydrogen-bond donors (Lipinski definition) is 1. The lowest BCUT2D eigenvalue weighted by Gasteiger charge is -2.36. The van der Waals surface area contributed by atoms with Gasteiger partial charge in [-0.15, -0.1) is 0 Å². The van der Waals surface area contributed by atoms with E-state index in [2.05, 4.69) is 9.62 Å². The van der Waals surface area contributed by atoms with E-state index in [0.717, 1.165) is 24.3 Å². The average molecular weight is 432 g/mol. The van der Waals surface area contributed by atoms with Crippen LogP contribution in [0.4, 0.5) is 5.69 Å². The highest BCUT2D eigenvalue weighted by Gasteiger charge is 2.24. The molecule has 2 aromatic rings. The Kier molecular flexibility index (Phi) is 7.33. The summed E-state index contributed by atoms with van der Waals surface area (Å²) in [5.41, 5.74) is 1.40. The number of hydrogen-bond acceptors (Lipinski definition) is 5. The van der Waals surface area contributed by atoms with Crippen LogP contribution in [0.2, 0.25) is 0 Å². The molecule has 1 aliphatic heterocycles. The third-order valence-electron chi connectivity index (χ3n) is 5.21. The Labute approximate surface area is 178 Å². The minimum absolute atomic E-state index is 0.122. The summed E-state index contributed by atoms with van der Waals surface area (Å²) < 4.78 is 33.0. The molecule has 7 nitrogen and oxygen atoms in total. The zero-order chi connectivity index (χ0) is 21.6. The van der Waals surface area contributed by atoms with Gasteiger partial charge in [0.15, 0.2) is 0 Å². The molecule has 0 atom stereocenters. The number of methoxy groups -OCH3 is 1. The van der Waals surface area contributed by atoms with Crippen LogP contribution in [0, 0.1) is 0 Å². The maximum Gasteiger partial charge on any atom is 0.254 e. The van der Waals surface area contributed by atoms with Crippen molar-refractivity contribution in [3.63, 3.8) is 0 Å². The van der Waals surface area contributed by atoms with Gasteiger partial charge in [-0.2, -0.15) is 0 Å². The normalized spacial score (nSPS) is 14.6. The van der Waals surface area contributed by atoms with Gasteiger partial charge in [0, 0.05) is 38.3 Å². The van der Waals surface area contributed by atoms with Crippen molar-refractivity contribution >= 4 is 21.6 Å². The molecule has 1 amide bonds. The van der Waals surface area contributed by atoms with Crippen molar-refractivity contribution in [1.29, 1.82) is 0 Å². The van der Waals surface area contributed by atoms with E-state index in [9.17, 15) is 13.2 Å². The van der Waals surface area contributed by atoms with Crippen LogP contribution in [0.5, 0.6) is 5.75 Å². The van der Waals surface area contributed by atoms with Crippen molar-refractivity contribution in [2.75, 3.05) is 44.7 Å². The topological polar surface area (TPSA) is 79.0 Å². The summed E-state index contributed by atoms with van der Waals surface area (Å²) in [4.78, 5) is 17.1. The number of carbonyl (C=O) groups excluding carboxylic acids is 1. The molecular formula is C22H29N3O4S. The van der Waals surface area contributed by atoms with Crippen LogP contribution in [0.15, 0.2) is 53.4 Å². The zero-order valence-electron chi connectivity index (χ0n) is 17.5. The van der Waals surface area contributed by atoms with E-state index in [-0.39, 0.29) is 10.8 Å². The summed E-state index contributed by atoms with van der Waals surface area (Å²) in [6, 6.07) is 14.1. The monoisotopic (exact) mass is 431 g/mol. The summed E-state index contributed by atoms with van der Waals surface area (Å²) in [6.07, 6.45) is 1.68. The fourth-order valence-corrected chi connectivity index (χ4v) is 4.61. The highest BCUT2D eigenvalue weighted by molar-refractivity contribution is 7.89. The second-order valence-electron chi connectivity index (χ2n) is 7.23. The number of nitrogens with zero attached hydrogens (tertiary/aromatic N) is 2. The molecule has 30 heavy (non-hydrogen) atoms. The maximum atomic E-state index is 13.0. The van der Waals surface area contributed by atoms with E-state index in [1.807, 2.05) is 31.2 Å². The minimum atomic E-state index is -3.61. The molecular weight excluding hydrogens is 402 g/mol. The lowest BCUT2D eigenvalue weighted by Crippen LogP contribution is -2.48. The second kappa shape index (κ2) is 9.95. The molecule has 0 saturated carbocycles. The van der Waals surface area contributed by atoms with Gasteiger partial charge in [0.2, 0.25) is 10.0 Å². The molecule has 0 unspecified atom stereocenters. The number of anilines is 1. The van der Waals surface area contributed by atoms with Crippen LogP contribution in [-0.4, -0.2) is 59.1 Å². The van der Waals surface area contributed by atoms with Crippen LogP contribution in [-0.2, 0) is 10.0 Å². The number of carbonyl (C=O) groups is 1. The fraction of sp³-hybridized carbons (Fsp3) is 0.409. The molecule has 1 N–H and O–H groups in total. The number of piperazine rings is 1. The maximum absolute atomic E-state index is 13.0. The first-order valence-electron chi connectivity index (χ1n) is 10.2. The molecule has 0 radical (unpaired) electrons. The van der Waals surface area contributed by atoms with E-state index < -0.39 is 10.0 Å². The first kappa shape index (κ1) is 22.1. The molecule has 0 aliphatic carbocycles. The van der Waals surface area contributed by atoms with Crippen LogP contribution in [0.25, 0.3) is 0 Å². The highest BCUT2D eigenvalue weighted by Crippen LogP contribution is 2.28. The number of ether oxygens (including phenoxy) is 1. The van der Waals surface area contributed by atoms with Gasteiger partial charge >= 0.3 is 0 Å². The van der Waals surface area contributed by atoms with Crippen molar-refractivity contribution in [1.82, 2.24) is 9.62 Å². The molecule has 1 fully saturated rings. The third-order valence-corrected chi connectivity index (χ3v) is 6.67. The lowest BCUT2D eigenvalue weighted by atomic mass is 10.1. The Morgan fingerprint density at radius 2 is 1.80 bits per heavy atom. The number of rotatable bonds is 8. The number of nitrogens with one attached hydrogen (secondary N) is 1. The van der Waals surface area contributed by atoms with E-state index in [4.69, 9.17) is 4.74 Å². The molecule has 162 valence electrons. The van der Waals surface area contributed by atoms with Crippen molar-refractivity contribution < 1.29 is 17.9 Å². The standard InChI is InChI=1S/C22H29N3O4S/c1-3-4-12-23-30(27,28)19-9-7-8-18(17-19)22(26)25-15-13-24(14-16-25)20-10-5-6-11-21(20)29-2/h5-11,17,23H,3-4,12-16H2,1-2H3. The summed E-state index contributed by atoms with van der Waals surface area (Å²) in [6.45, 7) is 4.87. The number of unbranched alkanes of at least 4 members (excludes halogenated alkanes) is 1. The van der Waals surface area contributed by atoms with Crippen molar-refractivity contribution in [2.45, 2.75) is 24.7 Å². The van der Waals surface area contributed by atoms with Gasteiger partial charge in [0.25, 0.3) is 5.91 Å². The molecule has 2 aromatic carbocycles. The molecule has 8 heteroatoms. The molecule has 3 rings (SSSR count). The van der Waals surface area contributed by atoms with Crippen molar-refractivity contribution in [3.05, 3.63) is 54.1 Å². The first-order valence-corrected chi connectivity index (χ1v) is 11.7. The van der Waals surface area contributed by atoms with E-state index >= 15 is 0 Å². The van der Waals surface area contributed by atoms with E-state index in [0.29, 0.717) is 38.3 Å². The Bertz CT molecular complexity index is 970. The number of sulfonamides is 1. The van der Waals surface area contributed by atoms with Gasteiger partial charge in [-0.1, -0.05) is 31.5 Å². The summed E-state index contributed by atoms with van der Waals surface area (Å²) in [5, 5.41) is 0. The molecule has 1 heterocycles. The summed E-state index contributed by atoms with van der Waals surface area (Å²) in [7, 11) is -1.97. The van der Waals surface area contributed by atoms with Crippen molar-refractivity contribution in [3.8, 4) is 5.75 Å². The minimum Gasteiger partial charge on any atom is -0.495 e. The molecule has 0 spiro atoms. The predicted molar refractivity (Wildman–Crippen MR) is 118 cm³/mol. The van der Waals surface area contributed by atoms with Crippen LogP contribution >= 0.6 is 0 Å². The van der Waals surface area contributed by atoms with Crippen LogP contribution in [0.1, 0.15) is 30.1 Å². The summed E-state index contributed by atoms with van der Waals surface area (Å²) in [5.74, 6) is 0.658. The van der Waals surface area contributed by atoms with E-state index in [1.54, 1.807) is 24.1 Å². The molecule has 1 saturated heterocycles. The Balaban J connectivity index is 1.67. The molecule has 0 aromatic heterocycles. The van der Waals surface area contributed by atoms with Gasteiger partial charge in [0.05, 0.1) is 17.7 Å². The van der Waals surface area contributed by atoms with Crippen LogP contribution < -0.4 is 14.4 Å². The van der Waals surface area contributed by atoms with Gasteiger partial charge in [0.1, 0.15) is 5.75 Å². The first-order chi connectivity index (χ1) is 14.5. The smallest absolute Gasteiger partial charge is 0.254 e. The average Bonchev–Trinajstić information content (AvgIpc) is 2.79. The third kappa shape index (κ3) is 5.12. The zero-order valence-corrected chi connectivity index (χ0v) is 18.3. The van der Waals surface area contributed by atoms with E-state index in [1.165, 1.54) is 12.1 Å². The molecule has 0 bridgehead atoms. The number of para-hydroxylation sites is 2. The second-order valence-corrected chi connectivity index (χ2v) is 9.00. The quantitative estimate of drug-likeness (QED) is 0.650. The molecule has 1 aliphatic rings. The van der Waals surface area contributed by atoms with Gasteiger partial charge in [-0.05, 0) is 36.8 Å². The Morgan fingerprint density at radius 1 is 1.07 bits per heavy atom. The fourth-order valence-electron chi connectivity index (χ4n) is 3.49. The van der Waals surface area contributed by atoms with Gasteiger partial charge in [-0.25, -0.2) is 13.1 Å². The van der Waals surface area contributed by atoms with Crippen molar-refractivity contribution in [2.24, 2.45) is 0 Å². The predicted octanol–water partition coefficient (Wildman–Crippen LogP) is 2.74. The van der Waals surface area contributed by atoms with Gasteiger partial charge < -0.3 is 14.5 Å².